The van der Waals surface area contributed by atoms with Gasteiger partial charge in [-0.05, 0) is 35.7 Å². The van der Waals surface area contributed by atoms with Crippen LogP contribution in [0, 0.1) is 6.92 Å². The van der Waals surface area contributed by atoms with Gasteiger partial charge in [-0.15, -0.1) is 0 Å². The minimum Gasteiger partial charge on any atom is -0.320 e. The SMILES string of the molecule is Cc1ccc(C(N)c2ccncc2Cl)cc1Cl. The van der Waals surface area contributed by atoms with Crippen LogP contribution < -0.4 is 5.73 Å². The van der Waals surface area contributed by atoms with Crippen molar-refractivity contribution in [1.29, 1.82) is 0 Å². The molecule has 17 heavy (non-hydrogen) atoms. The number of hydrogen-bond donors (Lipinski definition) is 1. The average molecular weight is 267 g/mol. The molecule has 0 aliphatic carbocycles. The highest BCUT2D eigenvalue weighted by Crippen LogP contribution is 2.28. The Hall–Kier alpha value is -1.09. The van der Waals surface area contributed by atoms with E-state index in [-0.39, 0.29) is 6.04 Å². The van der Waals surface area contributed by atoms with Gasteiger partial charge < -0.3 is 5.73 Å². The number of benzene rings is 1. The molecule has 1 unspecified atom stereocenters. The van der Waals surface area contributed by atoms with E-state index in [2.05, 4.69) is 4.98 Å². The van der Waals surface area contributed by atoms with Crippen LogP contribution in [0.1, 0.15) is 22.7 Å². The maximum atomic E-state index is 6.17. The fourth-order valence-corrected chi connectivity index (χ4v) is 2.05. The second kappa shape index (κ2) is 5.05. The Morgan fingerprint density at radius 2 is 1.94 bits per heavy atom. The number of nitrogens with zero attached hydrogens (tertiary/aromatic N) is 1. The Kier molecular flexibility index (Phi) is 3.67. The zero-order valence-electron chi connectivity index (χ0n) is 9.32. The summed E-state index contributed by atoms with van der Waals surface area (Å²) in [5, 5.41) is 1.28. The molecule has 0 saturated heterocycles. The lowest BCUT2D eigenvalue weighted by atomic mass is 9.99. The molecule has 2 rings (SSSR count). The van der Waals surface area contributed by atoms with Crippen molar-refractivity contribution in [3.8, 4) is 0 Å². The van der Waals surface area contributed by atoms with Gasteiger partial charge in [0.2, 0.25) is 0 Å². The lowest BCUT2D eigenvalue weighted by Gasteiger charge is -2.14. The van der Waals surface area contributed by atoms with E-state index in [1.807, 2.05) is 31.2 Å². The summed E-state index contributed by atoms with van der Waals surface area (Å²) in [4.78, 5) is 3.94. The maximum absolute atomic E-state index is 6.17. The number of hydrogen-bond acceptors (Lipinski definition) is 2. The van der Waals surface area contributed by atoms with Crippen molar-refractivity contribution in [3.63, 3.8) is 0 Å². The summed E-state index contributed by atoms with van der Waals surface area (Å²) < 4.78 is 0. The van der Waals surface area contributed by atoms with Gasteiger partial charge in [-0.3, -0.25) is 4.98 Å². The third-order valence-corrected chi connectivity index (χ3v) is 3.42. The molecule has 1 aromatic heterocycles. The molecule has 2 N–H and O–H groups in total. The Morgan fingerprint density at radius 3 is 2.59 bits per heavy atom. The predicted octanol–water partition coefficient (Wildman–Crippen LogP) is 3.74. The van der Waals surface area contributed by atoms with Crippen molar-refractivity contribution in [2.45, 2.75) is 13.0 Å². The van der Waals surface area contributed by atoms with Crippen molar-refractivity contribution >= 4 is 23.2 Å². The van der Waals surface area contributed by atoms with Crippen LogP contribution in [0.3, 0.4) is 0 Å². The lowest BCUT2D eigenvalue weighted by molar-refractivity contribution is 0.867. The molecular formula is C13H12Cl2N2. The Labute approximate surface area is 110 Å². The molecule has 2 aromatic rings. The summed E-state index contributed by atoms with van der Waals surface area (Å²) in [5.74, 6) is 0. The van der Waals surface area contributed by atoms with Gasteiger partial charge in [-0.2, -0.15) is 0 Å². The molecule has 0 bridgehead atoms. The number of aromatic nitrogens is 1. The van der Waals surface area contributed by atoms with Gasteiger partial charge in [-0.1, -0.05) is 35.3 Å². The molecular weight excluding hydrogens is 255 g/mol. The topological polar surface area (TPSA) is 38.9 Å². The average Bonchev–Trinajstić information content (AvgIpc) is 2.32. The highest BCUT2D eigenvalue weighted by molar-refractivity contribution is 6.31. The van der Waals surface area contributed by atoms with E-state index in [4.69, 9.17) is 28.9 Å². The van der Waals surface area contributed by atoms with Gasteiger partial charge >= 0.3 is 0 Å². The van der Waals surface area contributed by atoms with Crippen LogP contribution >= 0.6 is 23.2 Å². The van der Waals surface area contributed by atoms with Gasteiger partial charge in [0.05, 0.1) is 11.1 Å². The minimum atomic E-state index is -0.288. The second-order valence-electron chi connectivity index (χ2n) is 3.88. The third kappa shape index (κ3) is 2.60. The maximum Gasteiger partial charge on any atom is 0.0640 e. The summed E-state index contributed by atoms with van der Waals surface area (Å²) in [7, 11) is 0. The van der Waals surface area contributed by atoms with Crippen molar-refractivity contribution in [1.82, 2.24) is 4.98 Å². The predicted molar refractivity (Wildman–Crippen MR) is 71.5 cm³/mol. The first-order valence-corrected chi connectivity index (χ1v) is 5.96. The van der Waals surface area contributed by atoms with Crippen molar-refractivity contribution < 1.29 is 0 Å². The van der Waals surface area contributed by atoms with Crippen LogP contribution in [0.25, 0.3) is 0 Å². The number of aryl methyl sites for hydroxylation is 1. The van der Waals surface area contributed by atoms with E-state index in [0.717, 1.165) is 16.7 Å². The van der Waals surface area contributed by atoms with E-state index in [1.54, 1.807) is 12.4 Å². The van der Waals surface area contributed by atoms with Gasteiger partial charge in [-0.25, -0.2) is 0 Å². The van der Waals surface area contributed by atoms with Crippen LogP contribution in [0.5, 0.6) is 0 Å². The lowest BCUT2D eigenvalue weighted by Crippen LogP contribution is -2.12. The summed E-state index contributed by atoms with van der Waals surface area (Å²) in [5.41, 5.74) is 8.98. The van der Waals surface area contributed by atoms with E-state index in [9.17, 15) is 0 Å². The fourth-order valence-electron chi connectivity index (χ4n) is 1.62. The highest BCUT2D eigenvalue weighted by atomic mass is 35.5. The quantitative estimate of drug-likeness (QED) is 0.900. The number of pyridine rings is 1. The van der Waals surface area contributed by atoms with Gasteiger partial charge in [0.15, 0.2) is 0 Å². The molecule has 0 fully saturated rings. The molecule has 1 aromatic carbocycles. The molecule has 0 aliphatic rings. The summed E-state index contributed by atoms with van der Waals surface area (Å²) in [6.07, 6.45) is 3.27. The normalized spacial score (nSPS) is 12.5. The monoisotopic (exact) mass is 266 g/mol. The van der Waals surface area contributed by atoms with Crippen LogP contribution in [0.2, 0.25) is 10.0 Å². The molecule has 88 valence electrons. The first kappa shape index (κ1) is 12.4. The Balaban J connectivity index is 2.40. The Bertz CT molecular complexity index is 541. The molecule has 0 saturated carbocycles. The van der Waals surface area contributed by atoms with Crippen molar-refractivity contribution in [2.24, 2.45) is 5.73 Å². The first-order chi connectivity index (χ1) is 8.09. The number of halogens is 2. The van der Waals surface area contributed by atoms with Gasteiger partial charge in [0, 0.05) is 17.4 Å². The molecule has 0 amide bonds. The summed E-state index contributed by atoms with van der Waals surface area (Å²) in [6.45, 7) is 1.96. The molecule has 4 heteroatoms. The van der Waals surface area contributed by atoms with Gasteiger partial charge in [0.1, 0.15) is 0 Å². The van der Waals surface area contributed by atoms with E-state index < -0.39 is 0 Å². The first-order valence-electron chi connectivity index (χ1n) is 5.20. The van der Waals surface area contributed by atoms with Crippen molar-refractivity contribution in [3.05, 3.63) is 63.4 Å². The third-order valence-electron chi connectivity index (χ3n) is 2.69. The van der Waals surface area contributed by atoms with Crippen LogP contribution in [-0.4, -0.2) is 4.98 Å². The van der Waals surface area contributed by atoms with Crippen molar-refractivity contribution in [2.75, 3.05) is 0 Å². The summed E-state index contributed by atoms with van der Waals surface area (Å²) >= 11 is 12.1. The van der Waals surface area contributed by atoms with Gasteiger partial charge in [0.25, 0.3) is 0 Å². The smallest absolute Gasteiger partial charge is 0.0640 e. The zero-order chi connectivity index (χ0) is 12.4. The molecule has 2 nitrogen and oxygen atoms in total. The molecule has 1 heterocycles. The standard InChI is InChI=1S/C13H12Cl2N2/c1-8-2-3-9(6-11(8)14)13(16)10-4-5-17-7-12(10)15/h2-7,13H,16H2,1H3. The summed E-state index contributed by atoms with van der Waals surface area (Å²) in [6, 6.07) is 7.32. The second-order valence-corrected chi connectivity index (χ2v) is 4.70. The number of rotatable bonds is 2. The highest BCUT2D eigenvalue weighted by Gasteiger charge is 2.13. The van der Waals surface area contributed by atoms with E-state index in [1.165, 1.54) is 0 Å². The Morgan fingerprint density at radius 1 is 1.18 bits per heavy atom. The molecule has 0 aliphatic heterocycles. The van der Waals surface area contributed by atoms with E-state index in [0.29, 0.717) is 10.0 Å². The largest absolute Gasteiger partial charge is 0.320 e. The molecule has 0 radical (unpaired) electrons. The zero-order valence-corrected chi connectivity index (χ0v) is 10.8. The fraction of sp³-hybridized carbons (Fsp3) is 0.154. The number of nitrogens with two attached hydrogens (primary N) is 1. The van der Waals surface area contributed by atoms with Crippen LogP contribution in [-0.2, 0) is 0 Å². The van der Waals surface area contributed by atoms with Crippen LogP contribution in [0.4, 0.5) is 0 Å². The van der Waals surface area contributed by atoms with Crippen LogP contribution in [0.15, 0.2) is 36.7 Å². The minimum absolute atomic E-state index is 0.288. The van der Waals surface area contributed by atoms with E-state index >= 15 is 0 Å². The molecule has 1 atom stereocenters. The molecule has 0 spiro atoms.